The molecule has 1 saturated heterocycles. The summed E-state index contributed by atoms with van der Waals surface area (Å²) in [5, 5.41) is 3.45. The molecule has 1 aromatic carbocycles. The molecule has 2 aromatic rings. The average Bonchev–Trinajstić information content (AvgIpc) is 3.13. The van der Waals surface area contributed by atoms with Gasteiger partial charge in [0, 0.05) is 45.6 Å². The molecule has 164 valence electrons. The fourth-order valence-corrected chi connectivity index (χ4v) is 3.74. The summed E-state index contributed by atoms with van der Waals surface area (Å²) in [6, 6.07) is 8.53. The van der Waals surface area contributed by atoms with E-state index in [1.165, 1.54) is 11.1 Å². The van der Waals surface area contributed by atoms with Crippen LogP contribution >= 0.6 is 24.0 Å². The summed E-state index contributed by atoms with van der Waals surface area (Å²) in [6.45, 7) is 7.33. The van der Waals surface area contributed by atoms with Crippen molar-refractivity contribution in [3.05, 3.63) is 53.6 Å². The van der Waals surface area contributed by atoms with Gasteiger partial charge in [0.15, 0.2) is 5.96 Å². The minimum Gasteiger partial charge on any atom is -0.466 e. The molecule has 2 heterocycles. The molecule has 0 spiro atoms. The highest BCUT2D eigenvalue weighted by molar-refractivity contribution is 14.0. The van der Waals surface area contributed by atoms with E-state index in [0.717, 1.165) is 37.7 Å². The Morgan fingerprint density at radius 2 is 2.17 bits per heavy atom. The third-order valence-corrected chi connectivity index (χ3v) is 5.27. The molecule has 0 aliphatic carbocycles. The van der Waals surface area contributed by atoms with E-state index in [-0.39, 0.29) is 35.9 Å². The summed E-state index contributed by atoms with van der Waals surface area (Å²) in [5.74, 6) is 1.66. The van der Waals surface area contributed by atoms with Crippen molar-refractivity contribution in [1.82, 2.24) is 19.8 Å². The first kappa shape index (κ1) is 24.2. The number of guanidine groups is 1. The highest BCUT2D eigenvalue weighted by atomic mass is 127. The van der Waals surface area contributed by atoms with Gasteiger partial charge in [0.2, 0.25) is 0 Å². The average molecular weight is 525 g/mol. The molecular weight excluding hydrogens is 493 g/mol. The molecule has 1 N–H and O–H groups in total. The van der Waals surface area contributed by atoms with E-state index in [0.29, 0.717) is 19.7 Å². The van der Waals surface area contributed by atoms with E-state index in [2.05, 4.69) is 49.0 Å². The summed E-state index contributed by atoms with van der Waals surface area (Å²) in [5.41, 5.74) is 2.43. The number of benzene rings is 1. The second kappa shape index (κ2) is 11.9. The Balaban J connectivity index is 0.00000320. The number of halogens is 1. The Morgan fingerprint density at radius 3 is 2.87 bits per heavy atom. The van der Waals surface area contributed by atoms with Crippen LogP contribution in [0.4, 0.5) is 0 Å². The summed E-state index contributed by atoms with van der Waals surface area (Å²) in [6.07, 6.45) is 5.66. The largest absolute Gasteiger partial charge is 0.466 e. The van der Waals surface area contributed by atoms with Gasteiger partial charge in [-0.3, -0.25) is 9.79 Å². The SMILES string of the molecule is CCOC(=O)C1CCCN(C(=NC)NCc2cccc(Cn3ccnc3C)c2)C1.I. The van der Waals surface area contributed by atoms with Crippen molar-refractivity contribution >= 4 is 35.9 Å². The van der Waals surface area contributed by atoms with Crippen LogP contribution in [0.5, 0.6) is 0 Å². The monoisotopic (exact) mass is 525 g/mol. The summed E-state index contributed by atoms with van der Waals surface area (Å²) in [4.78, 5) is 23.0. The van der Waals surface area contributed by atoms with Crippen LogP contribution in [0.15, 0.2) is 41.7 Å². The topological polar surface area (TPSA) is 71.8 Å². The minimum absolute atomic E-state index is 0. The summed E-state index contributed by atoms with van der Waals surface area (Å²) >= 11 is 0. The van der Waals surface area contributed by atoms with Crippen molar-refractivity contribution < 1.29 is 9.53 Å². The van der Waals surface area contributed by atoms with Crippen LogP contribution in [0.2, 0.25) is 0 Å². The van der Waals surface area contributed by atoms with Crippen LogP contribution < -0.4 is 5.32 Å². The number of hydrogen-bond donors (Lipinski definition) is 1. The molecule has 1 atom stereocenters. The smallest absolute Gasteiger partial charge is 0.310 e. The van der Waals surface area contributed by atoms with Crippen molar-refractivity contribution in [3.8, 4) is 0 Å². The molecule has 1 unspecified atom stereocenters. The van der Waals surface area contributed by atoms with Gasteiger partial charge >= 0.3 is 5.97 Å². The van der Waals surface area contributed by atoms with Crippen molar-refractivity contribution in [2.24, 2.45) is 10.9 Å². The molecule has 1 aliphatic heterocycles. The van der Waals surface area contributed by atoms with Crippen molar-refractivity contribution in [2.75, 3.05) is 26.7 Å². The number of ether oxygens (including phenoxy) is 1. The van der Waals surface area contributed by atoms with Crippen LogP contribution in [-0.4, -0.2) is 53.1 Å². The number of piperidine rings is 1. The van der Waals surface area contributed by atoms with Crippen LogP contribution in [0.3, 0.4) is 0 Å². The highest BCUT2D eigenvalue weighted by Crippen LogP contribution is 2.18. The Morgan fingerprint density at radius 1 is 1.37 bits per heavy atom. The van der Waals surface area contributed by atoms with E-state index < -0.39 is 0 Å². The summed E-state index contributed by atoms with van der Waals surface area (Å²) < 4.78 is 7.34. The molecule has 7 nitrogen and oxygen atoms in total. The minimum atomic E-state index is -0.102. The lowest BCUT2D eigenvalue weighted by atomic mass is 9.98. The lowest BCUT2D eigenvalue weighted by Crippen LogP contribution is -2.48. The Labute approximate surface area is 195 Å². The Bertz CT molecular complexity index is 852. The van der Waals surface area contributed by atoms with Gasteiger partial charge in [-0.1, -0.05) is 24.3 Å². The first-order valence-corrected chi connectivity index (χ1v) is 10.3. The van der Waals surface area contributed by atoms with Crippen LogP contribution in [0, 0.1) is 12.8 Å². The predicted molar refractivity (Wildman–Crippen MR) is 129 cm³/mol. The molecule has 1 aliphatic rings. The maximum Gasteiger partial charge on any atom is 0.310 e. The molecule has 0 saturated carbocycles. The zero-order valence-electron chi connectivity index (χ0n) is 18.0. The number of esters is 1. The number of aromatic nitrogens is 2. The molecule has 0 bridgehead atoms. The second-order valence-electron chi connectivity index (χ2n) is 7.36. The number of aryl methyl sites for hydroxylation is 1. The number of rotatable bonds is 6. The number of aliphatic imine (C=N–C) groups is 1. The standard InChI is InChI=1S/C22H31N5O2.HI/c1-4-29-21(28)20-9-6-11-27(16-20)22(23-3)25-14-18-7-5-8-19(13-18)15-26-12-10-24-17(26)2;/h5,7-8,10,12-13,20H,4,6,9,11,14-16H2,1-3H3,(H,23,25);1H. The molecule has 0 amide bonds. The molecule has 1 fully saturated rings. The Kier molecular flexibility index (Phi) is 9.61. The molecule has 30 heavy (non-hydrogen) atoms. The summed E-state index contributed by atoms with van der Waals surface area (Å²) in [7, 11) is 1.79. The number of imidazole rings is 1. The van der Waals surface area contributed by atoms with E-state index >= 15 is 0 Å². The van der Waals surface area contributed by atoms with Crippen molar-refractivity contribution in [1.29, 1.82) is 0 Å². The van der Waals surface area contributed by atoms with Gasteiger partial charge in [0.05, 0.1) is 12.5 Å². The zero-order chi connectivity index (χ0) is 20.6. The number of nitrogens with zero attached hydrogens (tertiary/aromatic N) is 4. The molecule has 0 radical (unpaired) electrons. The van der Waals surface area contributed by atoms with Crippen LogP contribution in [0.1, 0.15) is 36.7 Å². The quantitative estimate of drug-likeness (QED) is 0.272. The third kappa shape index (κ3) is 6.45. The van der Waals surface area contributed by atoms with Crippen molar-refractivity contribution in [2.45, 2.75) is 39.8 Å². The number of hydrogen-bond acceptors (Lipinski definition) is 4. The number of carbonyl (C=O) groups is 1. The third-order valence-electron chi connectivity index (χ3n) is 5.27. The molecule has 1 aromatic heterocycles. The number of likely N-dealkylation sites (tertiary alicyclic amines) is 1. The van der Waals surface area contributed by atoms with Gasteiger partial charge < -0.3 is 19.5 Å². The van der Waals surface area contributed by atoms with E-state index in [1.807, 2.05) is 26.2 Å². The lowest BCUT2D eigenvalue weighted by Gasteiger charge is -2.34. The van der Waals surface area contributed by atoms with E-state index in [1.54, 1.807) is 7.05 Å². The van der Waals surface area contributed by atoms with Crippen LogP contribution in [0.25, 0.3) is 0 Å². The van der Waals surface area contributed by atoms with Gasteiger partial charge in [-0.15, -0.1) is 24.0 Å². The first-order valence-electron chi connectivity index (χ1n) is 10.3. The normalized spacial score (nSPS) is 16.7. The van der Waals surface area contributed by atoms with Gasteiger partial charge in [-0.2, -0.15) is 0 Å². The van der Waals surface area contributed by atoms with E-state index in [4.69, 9.17) is 4.74 Å². The first-order chi connectivity index (χ1) is 14.1. The predicted octanol–water partition coefficient (Wildman–Crippen LogP) is 3.21. The van der Waals surface area contributed by atoms with Gasteiger partial charge in [-0.05, 0) is 37.8 Å². The number of nitrogens with one attached hydrogen (secondary N) is 1. The van der Waals surface area contributed by atoms with Gasteiger partial charge in [0.1, 0.15) is 5.82 Å². The van der Waals surface area contributed by atoms with Gasteiger partial charge in [-0.25, -0.2) is 4.98 Å². The van der Waals surface area contributed by atoms with Crippen LogP contribution in [-0.2, 0) is 22.6 Å². The molecule has 8 heteroatoms. The second-order valence-corrected chi connectivity index (χ2v) is 7.36. The maximum atomic E-state index is 12.1. The highest BCUT2D eigenvalue weighted by Gasteiger charge is 2.28. The Hall–Kier alpha value is -2.10. The molecular formula is C22H32IN5O2. The maximum absolute atomic E-state index is 12.1. The molecule has 3 rings (SSSR count). The fourth-order valence-electron chi connectivity index (χ4n) is 3.74. The number of carbonyl (C=O) groups excluding carboxylic acids is 1. The van der Waals surface area contributed by atoms with Gasteiger partial charge in [0.25, 0.3) is 0 Å². The lowest BCUT2D eigenvalue weighted by molar-refractivity contribution is -0.149. The zero-order valence-corrected chi connectivity index (χ0v) is 20.3. The van der Waals surface area contributed by atoms with E-state index in [9.17, 15) is 4.79 Å². The fraction of sp³-hybridized carbons (Fsp3) is 0.500. The van der Waals surface area contributed by atoms with Crippen molar-refractivity contribution in [3.63, 3.8) is 0 Å².